The summed E-state index contributed by atoms with van der Waals surface area (Å²) in [6.07, 6.45) is 16.5. The molecule has 0 radical (unpaired) electrons. The van der Waals surface area contributed by atoms with Gasteiger partial charge in [0.25, 0.3) is 0 Å². The summed E-state index contributed by atoms with van der Waals surface area (Å²) in [6, 6.07) is 11.4. The van der Waals surface area contributed by atoms with Crippen molar-refractivity contribution in [3.63, 3.8) is 0 Å². The van der Waals surface area contributed by atoms with Crippen LogP contribution in [0, 0.1) is 11.8 Å². The third-order valence-corrected chi connectivity index (χ3v) is 10.3. The maximum absolute atomic E-state index is 2.66. The molecule has 0 nitrogen and oxygen atoms in total. The van der Waals surface area contributed by atoms with Crippen molar-refractivity contribution in [1.29, 1.82) is 0 Å². The first-order valence-electron chi connectivity index (χ1n) is 10.3. The Kier molecular flexibility index (Phi) is 7.81. The second-order valence-electron chi connectivity index (χ2n) is 8.52. The lowest BCUT2D eigenvalue weighted by Crippen LogP contribution is -2.48. The Morgan fingerprint density at radius 2 is 1.71 bits per heavy atom. The molecule has 0 aliphatic heterocycles. The third kappa shape index (κ3) is 5.34. The summed E-state index contributed by atoms with van der Waals surface area (Å²) in [4.78, 5) is 0. The highest BCUT2D eigenvalue weighted by Gasteiger charge is 2.37. The van der Waals surface area contributed by atoms with Crippen LogP contribution in [0.3, 0.4) is 0 Å². The smallest absolute Gasteiger partial charge is 0.0872 e. The molecule has 1 aliphatic carbocycles. The molecule has 1 unspecified atom stereocenters. The first kappa shape index (κ1) is 19.5. The molecule has 1 aliphatic rings. The van der Waals surface area contributed by atoms with Gasteiger partial charge in [0.1, 0.15) is 0 Å². The molecule has 0 spiro atoms. The second-order valence-corrected chi connectivity index (χ2v) is 13.2. The molecule has 24 heavy (non-hydrogen) atoms. The van der Waals surface area contributed by atoms with Crippen molar-refractivity contribution in [1.82, 2.24) is 0 Å². The van der Waals surface area contributed by atoms with Crippen molar-refractivity contribution in [2.24, 2.45) is 11.8 Å². The van der Waals surface area contributed by atoms with Gasteiger partial charge >= 0.3 is 0 Å². The molecular formula is C23H38Si. The predicted molar refractivity (Wildman–Crippen MR) is 112 cm³/mol. The number of allylic oxidation sites excluding steroid dienone is 2. The van der Waals surface area contributed by atoms with E-state index in [1.165, 1.54) is 51.4 Å². The molecular weight excluding hydrogens is 304 g/mol. The zero-order valence-electron chi connectivity index (χ0n) is 16.4. The highest BCUT2D eigenvalue weighted by molar-refractivity contribution is 6.91. The van der Waals surface area contributed by atoms with Crippen LogP contribution in [0.5, 0.6) is 0 Å². The minimum atomic E-state index is -1.48. The van der Waals surface area contributed by atoms with Crippen LogP contribution >= 0.6 is 0 Å². The van der Waals surface area contributed by atoms with Crippen molar-refractivity contribution < 1.29 is 0 Å². The van der Waals surface area contributed by atoms with Crippen LogP contribution < -0.4 is 5.19 Å². The molecule has 0 saturated heterocycles. The first-order chi connectivity index (χ1) is 11.6. The van der Waals surface area contributed by atoms with Crippen molar-refractivity contribution in [3.8, 4) is 0 Å². The van der Waals surface area contributed by atoms with E-state index in [0.29, 0.717) is 0 Å². The Morgan fingerprint density at radius 3 is 2.33 bits per heavy atom. The van der Waals surface area contributed by atoms with E-state index in [-0.39, 0.29) is 0 Å². The van der Waals surface area contributed by atoms with Gasteiger partial charge in [-0.1, -0.05) is 120 Å². The van der Waals surface area contributed by atoms with E-state index in [0.717, 1.165) is 17.4 Å². The zero-order valence-corrected chi connectivity index (χ0v) is 17.4. The van der Waals surface area contributed by atoms with E-state index >= 15 is 0 Å². The zero-order chi connectivity index (χ0) is 17.4. The Labute approximate surface area is 151 Å². The Morgan fingerprint density at radius 1 is 1.04 bits per heavy atom. The van der Waals surface area contributed by atoms with Crippen LogP contribution in [-0.2, 0) is 0 Å². The highest BCUT2D eigenvalue weighted by atomic mass is 28.3. The Balaban J connectivity index is 2.20. The molecule has 0 bridgehead atoms. The largest absolute Gasteiger partial charge is 0.0876 e. The van der Waals surface area contributed by atoms with Gasteiger partial charge in [0.05, 0.1) is 8.07 Å². The summed E-state index contributed by atoms with van der Waals surface area (Å²) in [6.45, 7) is 9.90. The monoisotopic (exact) mass is 342 g/mol. The molecule has 1 aromatic rings. The minimum Gasteiger partial charge on any atom is -0.0872 e. The summed E-state index contributed by atoms with van der Waals surface area (Å²) in [5.74, 6) is 1.65. The summed E-state index contributed by atoms with van der Waals surface area (Å²) >= 11 is 0. The number of unbranched alkanes of at least 4 members (excludes halogenated alkanes) is 1. The topological polar surface area (TPSA) is 0 Å². The van der Waals surface area contributed by atoms with Crippen molar-refractivity contribution >= 4 is 13.3 Å². The maximum Gasteiger partial charge on any atom is 0.0876 e. The quantitative estimate of drug-likeness (QED) is 0.355. The fourth-order valence-electron chi connectivity index (χ4n) is 4.47. The molecule has 0 amide bonds. The molecule has 1 heteroatoms. The summed E-state index contributed by atoms with van der Waals surface area (Å²) in [5, 5.41) is 1.63. The van der Waals surface area contributed by atoms with E-state index < -0.39 is 8.07 Å². The molecule has 2 rings (SSSR count). The van der Waals surface area contributed by atoms with Crippen molar-refractivity contribution in [2.75, 3.05) is 0 Å². The Hall–Kier alpha value is -0.823. The van der Waals surface area contributed by atoms with Crippen LogP contribution in [0.15, 0.2) is 42.5 Å². The average molecular weight is 343 g/mol. The van der Waals surface area contributed by atoms with E-state index in [1.807, 2.05) is 0 Å². The number of hydrogen-bond donors (Lipinski definition) is 0. The van der Waals surface area contributed by atoms with Gasteiger partial charge in [-0.25, -0.2) is 0 Å². The van der Waals surface area contributed by atoms with Crippen LogP contribution in [0.2, 0.25) is 18.6 Å². The van der Waals surface area contributed by atoms with Crippen LogP contribution in [0.1, 0.15) is 65.2 Å². The number of hydrogen-bond acceptors (Lipinski definition) is 0. The van der Waals surface area contributed by atoms with Gasteiger partial charge in [-0.3, -0.25) is 0 Å². The van der Waals surface area contributed by atoms with Crippen LogP contribution in [0.25, 0.3) is 0 Å². The standard InChI is InChI=1S/C23H38Si/c1-5-6-13-20(2)18-19-23(21-14-9-7-10-15-21)24(3,4)22-16-11-8-12-17-22/h8,11-12,16-21,23H,5-7,9-10,13-15H2,1-4H3/b19-18+/t20?,23-/m0/s1. The van der Waals surface area contributed by atoms with Gasteiger partial charge in [-0.2, -0.15) is 0 Å². The van der Waals surface area contributed by atoms with Crippen molar-refractivity contribution in [3.05, 3.63) is 42.5 Å². The first-order valence-corrected chi connectivity index (χ1v) is 13.4. The van der Waals surface area contributed by atoms with Crippen molar-refractivity contribution in [2.45, 2.75) is 83.8 Å². The number of rotatable bonds is 8. The summed E-state index contributed by atoms with van der Waals surface area (Å²) in [7, 11) is -1.48. The summed E-state index contributed by atoms with van der Waals surface area (Å²) in [5.41, 5.74) is 0.796. The van der Waals surface area contributed by atoms with Gasteiger partial charge in [-0.15, -0.1) is 0 Å². The lowest BCUT2D eigenvalue weighted by molar-refractivity contribution is 0.357. The van der Waals surface area contributed by atoms with E-state index in [1.54, 1.807) is 5.19 Å². The highest BCUT2D eigenvalue weighted by Crippen LogP contribution is 2.40. The molecule has 134 valence electrons. The van der Waals surface area contributed by atoms with E-state index in [4.69, 9.17) is 0 Å². The van der Waals surface area contributed by atoms with Gasteiger partial charge in [0.15, 0.2) is 0 Å². The lowest BCUT2D eigenvalue weighted by atomic mass is 9.86. The molecule has 1 fully saturated rings. The summed E-state index contributed by atoms with van der Waals surface area (Å²) < 4.78 is 0. The Bertz CT molecular complexity index is 482. The number of benzene rings is 1. The fraction of sp³-hybridized carbons (Fsp3) is 0.652. The average Bonchev–Trinajstić information content (AvgIpc) is 2.61. The molecule has 0 aromatic heterocycles. The second kappa shape index (κ2) is 9.61. The van der Waals surface area contributed by atoms with Gasteiger partial charge in [0, 0.05) is 0 Å². The van der Waals surface area contributed by atoms with E-state index in [9.17, 15) is 0 Å². The molecule has 2 atom stereocenters. The lowest BCUT2D eigenvalue weighted by Gasteiger charge is -2.39. The fourth-order valence-corrected chi connectivity index (χ4v) is 8.01. The van der Waals surface area contributed by atoms with Crippen LogP contribution in [0.4, 0.5) is 0 Å². The molecule has 0 heterocycles. The van der Waals surface area contributed by atoms with Crippen LogP contribution in [-0.4, -0.2) is 8.07 Å². The maximum atomic E-state index is 2.66. The van der Waals surface area contributed by atoms with Gasteiger partial charge in [-0.05, 0) is 23.8 Å². The molecule has 0 N–H and O–H groups in total. The predicted octanol–water partition coefficient (Wildman–Crippen LogP) is 6.94. The normalized spacial score (nSPS) is 19.5. The minimum absolute atomic E-state index is 0.733. The van der Waals surface area contributed by atoms with Gasteiger partial charge in [0.2, 0.25) is 0 Å². The van der Waals surface area contributed by atoms with Gasteiger partial charge < -0.3 is 0 Å². The molecule has 1 aromatic carbocycles. The molecule has 1 saturated carbocycles. The third-order valence-electron chi connectivity index (χ3n) is 6.17. The SMILES string of the molecule is CCCCC(C)/C=C/[C@@H](C1CCCCC1)[Si](C)(C)c1ccccc1. The van der Waals surface area contributed by atoms with E-state index in [2.05, 4.69) is 69.4 Å².